The molecule has 96 valence electrons. The maximum Gasteiger partial charge on any atom is 0.208 e. The van der Waals surface area contributed by atoms with Crippen LogP contribution in [0.15, 0.2) is 5.38 Å². The summed E-state index contributed by atoms with van der Waals surface area (Å²) < 4.78 is 24.3. The van der Waals surface area contributed by atoms with E-state index in [0.717, 1.165) is 23.9 Å². The first-order valence-electron chi connectivity index (χ1n) is 5.68. The molecule has 0 unspecified atom stereocenters. The highest BCUT2D eigenvalue weighted by atomic mass is 32.2. The number of anilines is 1. The average Bonchev–Trinajstić information content (AvgIpc) is 2.83. The molecule has 1 N–H and O–H groups in total. The highest BCUT2D eigenvalue weighted by Crippen LogP contribution is 2.24. The molecular formula is C10H17N3O2S2. The molecule has 1 aliphatic rings. The molecule has 0 aliphatic carbocycles. The summed E-state index contributed by atoms with van der Waals surface area (Å²) in [7, 11) is -3.09. The van der Waals surface area contributed by atoms with Gasteiger partial charge in [0.15, 0.2) is 5.13 Å². The largest absolute Gasteiger partial charge is 0.348 e. The first-order chi connectivity index (χ1) is 8.04. The van der Waals surface area contributed by atoms with Gasteiger partial charge in [-0.3, -0.25) is 0 Å². The molecular weight excluding hydrogens is 258 g/mol. The molecule has 0 radical (unpaired) electrons. The lowest BCUT2D eigenvalue weighted by Crippen LogP contribution is -2.24. The van der Waals surface area contributed by atoms with Crippen molar-refractivity contribution in [3.63, 3.8) is 0 Å². The molecule has 1 aromatic rings. The van der Waals surface area contributed by atoms with Crippen LogP contribution in [0.25, 0.3) is 0 Å². The van der Waals surface area contributed by atoms with Crippen LogP contribution in [0.4, 0.5) is 5.13 Å². The highest BCUT2D eigenvalue weighted by Gasteiger charge is 2.15. The molecule has 0 bridgehead atoms. The van der Waals surface area contributed by atoms with Gasteiger partial charge in [-0.1, -0.05) is 0 Å². The van der Waals surface area contributed by atoms with Gasteiger partial charge >= 0.3 is 0 Å². The van der Waals surface area contributed by atoms with Gasteiger partial charge in [-0.15, -0.1) is 11.3 Å². The van der Waals surface area contributed by atoms with Crippen molar-refractivity contribution in [2.45, 2.75) is 19.3 Å². The Morgan fingerprint density at radius 1 is 1.47 bits per heavy atom. The Balaban J connectivity index is 1.85. The molecule has 2 heterocycles. The van der Waals surface area contributed by atoms with E-state index in [9.17, 15) is 8.42 Å². The summed E-state index contributed by atoms with van der Waals surface area (Å²) >= 11 is 1.64. The van der Waals surface area contributed by atoms with Crippen LogP contribution in [0, 0.1) is 0 Å². The highest BCUT2D eigenvalue weighted by molar-refractivity contribution is 7.88. The summed E-state index contributed by atoms with van der Waals surface area (Å²) in [5.41, 5.74) is 0.966. The van der Waals surface area contributed by atoms with Crippen LogP contribution < -0.4 is 9.62 Å². The van der Waals surface area contributed by atoms with Crippen LogP contribution in [-0.2, 0) is 16.4 Å². The van der Waals surface area contributed by atoms with Gasteiger partial charge in [0.2, 0.25) is 10.0 Å². The standard InChI is InChI=1S/C10H17N3O2S2/c1-17(14,15)11-5-4-9-8-16-10(12-9)13-6-2-3-7-13/h8,11H,2-7H2,1H3. The van der Waals surface area contributed by atoms with Crippen LogP contribution in [-0.4, -0.2) is 39.3 Å². The van der Waals surface area contributed by atoms with Gasteiger partial charge in [0, 0.05) is 31.4 Å². The summed E-state index contributed by atoms with van der Waals surface area (Å²) in [6.07, 6.45) is 4.30. The fraction of sp³-hybridized carbons (Fsp3) is 0.700. The van der Waals surface area contributed by atoms with Crippen LogP contribution >= 0.6 is 11.3 Å². The first kappa shape index (κ1) is 12.8. The van der Waals surface area contributed by atoms with Crippen LogP contribution in [0.1, 0.15) is 18.5 Å². The Hall–Kier alpha value is -0.660. The van der Waals surface area contributed by atoms with Crippen molar-refractivity contribution in [2.24, 2.45) is 0 Å². The Kier molecular flexibility index (Phi) is 4.01. The fourth-order valence-electron chi connectivity index (χ4n) is 1.83. The number of rotatable bonds is 5. The Bertz CT molecular complexity index is 464. The van der Waals surface area contributed by atoms with E-state index in [2.05, 4.69) is 14.6 Å². The van der Waals surface area contributed by atoms with Gasteiger partial charge in [-0.05, 0) is 12.8 Å². The molecule has 5 nitrogen and oxygen atoms in total. The third-order valence-electron chi connectivity index (χ3n) is 2.66. The Morgan fingerprint density at radius 2 is 2.18 bits per heavy atom. The zero-order valence-electron chi connectivity index (χ0n) is 9.85. The molecule has 7 heteroatoms. The molecule has 0 saturated carbocycles. The third kappa shape index (κ3) is 3.93. The van der Waals surface area contributed by atoms with Crippen molar-refractivity contribution in [3.05, 3.63) is 11.1 Å². The zero-order chi connectivity index (χ0) is 12.3. The average molecular weight is 275 g/mol. The molecule has 0 atom stereocenters. The monoisotopic (exact) mass is 275 g/mol. The number of hydrogen-bond acceptors (Lipinski definition) is 5. The van der Waals surface area contributed by atoms with Gasteiger partial charge < -0.3 is 4.90 Å². The maximum absolute atomic E-state index is 10.9. The summed E-state index contributed by atoms with van der Waals surface area (Å²) in [5, 5.41) is 3.08. The van der Waals surface area contributed by atoms with Gasteiger partial charge in [0.1, 0.15) is 0 Å². The summed E-state index contributed by atoms with van der Waals surface area (Å²) in [4.78, 5) is 6.81. The predicted octanol–water partition coefficient (Wildman–Crippen LogP) is 0.835. The number of nitrogens with zero attached hydrogens (tertiary/aromatic N) is 2. The van der Waals surface area contributed by atoms with Crippen LogP contribution in [0.2, 0.25) is 0 Å². The lowest BCUT2D eigenvalue weighted by molar-refractivity contribution is 0.587. The quantitative estimate of drug-likeness (QED) is 0.865. The second kappa shape index (κ2) is 5.32. The summed E-state index contributed by atoms with van der Waals surface area (Å²) in [5.74, 6) is 0. The third-order valence-corrected chi connectivity index (χ3v) is 4.34. The molecule has 1 fully saturated rings. The number of hydrogen-bond donors (Lipinski definition) is 1. The van der Waals surface area contributed by atoms with Crippen LogP contribution in [0.5, 0.6) is 0 Å². The maximum atomic E-state index is 10.9. The van der Waals surface area contributed by atoms with Gasteiger partial charge in [-0.25, -0.2) is 18.1 Å². The smallest absolute Gasteiger partial charge is 0.208 e. The van der Waals surface area contributed by atoms with Crippen molar-refractivity contribution in [3.8, 4) is 0 Å². The molecule has 0 aromatic carbocycles. The molecule has 0 spiro atoms. The van der Waals surface area contributed by atoms with E-state index in [-0.39, 0.29) is 0 Å². The number of thiazole rings is 1. The molecule has 1 aliphatic heterocycles. The second-order valence-electron chi connectivity index (χ2n) is 4.23. The predicted molar refractivity (Wildman–Crippen MR) is 70.1 cm³/mol. The minimum absolute atomic E-state index is 0.419. The lowest BCUT2D eigenvalue weighted by atomic mass is 10.3. The molecule has 17 heavy (non-hydrogen) atoms. The lowest BCUT2D eigenvalue weighted by Gasteiger charge is -2.12. The normalized spacial score (nSPS) is 16.6. The fourth-order valence-corrected chi connectivity index (χ4v) is 3.22. The second-order valence-corrected chi connectivity index (χ2v) is 6.90. The summed E-state index contributed by atoms with van der Waals surface area (Å²) in [6.45, 7) is 2.60. The molecule has 0 amide bonds. The SMILES string of the molecule is CS(=O)(=O)NCCc1csc(N2CCCC2)n1. The van der Waals surface area contributed by atoms with Crippen molar-refractivity contribution in [1.29, 1.82) is 0 Å². The van der Waals surface area contributed by atoms with Crippen molar-refractivity contribution in [2.75, 3.05) is 30.8 Å². The number of nitrogens with one attached hydrogen (secondary N) is 1. The van der Waals surface area contributed by atoms with Gasteiger partial charge in [0.05, 0.1) is 11.9 Å². The van der Waals surface area contributed by atoms with Gasteiger partial charge in [0.25, 0.3) is 0 Å². The van der Waals surface area contributed by atoms with Crippen molar-refractivity contribution < 1.29 is 8.42 Å². The van der Waals surface area contributed by atoms with Crippen molar-refractivity contribution in [1.82, 2.24) is 9.71 Å². The molecule has 1 saturated heterocycles. The van der Waals surface area contributed by atoms with E-state index in [1.807, 2.05) is 5.38 Å². The first-order valence-corrected chi connectivity index (χ1v) is 8.46. The summed E-state index contributed by atoms with van der Waals surface area (Å²) in [6, 6.07) is 0. The van der Waals surface area contributed by atoms with E-state index in [0.29, 0.717) is 13.0 Å². The van der Waals surface area contributed by atoms with E-state index >= 15 is 0 Å². The molecule has 1 aromatic heterocycles. The zero-order valence-corrected chi connectivity index (χ0v) is 11.5. The van der Waals surface area contributed by atoms with Crippen LogP contribution in [0.3, 0.4) is 0 Å². The minimum atomic E-state index is -3.09. The Labute approximate surface area is 106 Å². The Morgan fingerprint density at radius 3 is 2.82 bits per heavy atom. The topological polar surface area (TPSA) is 62.3 Å². The van der Waals surface area contributed by atoms with E-state index < -0.39 is 10.0 Å². The van der Waals surface area contributed by atoms with E-state index in [1.165, 1.54) is 19.1 Å². The van der Waals surface area contributed by atoms with E-state index in [4.69, 9.17) is 0 Å². The van der Waals surface area contributed by atoms with Crippen molar-refractivity contribution >= 4 is 26.5 Å². The van der Waals surface area contributed by atoms with Gasteiger partial charge in [-0.2, -0.15) is 0 Å². The number of sulfonamides is 1. The van der Waals surface area contributed by atoms with E-state index in [1.54, 1.807) is 11.3 Å². The molecule has 2 rings (SSSR count). The minimum Gasteiger partial charge on any atom is -0.348 e. The number of aromatic nitrogens is 1.